The number of Topliss-reactive ketones (excluding diaryl/α,β-unsaturated/α-hetero) is 1. The first kappa shape index (κ1) is 13.9. The van der Waals surface area contributed by atoms with Crippen LogP contribution < -0.4 is 0 Å². The van der Waals surface area contributed by atoms with Crippen LogP contribution in [0.15, 0.2) is 53.0 Å². The fraction of sp³-hybridized carbons (Fsp3) is 0.188. The van der Waals surface area contributed by atoms with Crippen LogP contribution in [-0.4, -0.2) is 5.78 Å². The van der Waals surface area contributed by atoms with Gasteiger partial charge in [0.1, 0.15) is 5.82 Å². The van der Waals surface area contributed by atoms with Gasteiger partial charge in [-0.25, -0.2) is 4.39 Å². The second-order valence-corrected chi connectivity index (χ2v) is 5.25. The van der Waals surface area contributed by atoms with Crippen molar-refractivity contribution in [3.8, 4) is 0 Å². The lowest BCUT2D eigenvalue weighted by Crippen LogP contribution is -1.99. The molecule has 98 valence electrons. The second-order valence-electron chi connectivity index (χ2n) is 4.39. The fourth-order valence-corrected chi connectivity index (χ4v) is 2.34. The van der Waals surface area contributed by atoms with Crippen molar-refractivity contribution in [2.45, 2.75) is 19.3 Å². The predicted molar refractivity (Wildman–Crippen MR) is 77.8 cm³/mol. The summed E-state index contributed by atoms with van der Waals surface area (Å²) >= 11 is 3.16. The minimum absolute atomic E-state index is 0.154. The van der Waals surface area contributed by atoms with E-state index in [1.807, 2.05) is 30.3 Å². The van der Waals surface area contributed by atoms with E-state index in [0.717, 1.165) is 24.0 Å². The Morgan fingerprint density at radius 2 is 1.84 bits per heavy atom. The van der Waals surface area contributed by atoms with Crippen LogP contribution in [0.1, 0.15) is 28.8 Å². The number of carbonyl (C=O) groups excluding carboxylic acids is 1. The molecule has 0 amide bonds. The van der Waals surface area contributed by atoms with Gasteiger partial charge < -0.3 is 0 Å². The van der Waals surface area contributed by atoms with Crippen molar-refractivity contribution in [1.82, 2.24) is 0 Å². The summed E-state index contributed by atoms with van der Waals surface area (Å²) < 4.78 is 13.5. The summed E-state index contributed by atoms with van der Waals surface area (Å²) in [6.07, 6.45) is 2.06. The molecule has 2 aromatic rings. The topological polar surface area (TPSA) is 17.1 Å². The molecule has 2 aromatic carbocycles. The molecule has 1 nitrogen and oxygen atoms in total. The van der Waals surface area contributed by atoms with Gasteiger partial charge in [-0.2, -0.15) is 0 Å². The van der Waals surface area contributed by atoms with Crippen molar-refractivity contribution < 1.29 is 9.18 Å². The van der Waals surface area contributed by atoms with Crippen LogP contribution in [0.2, 0.25) is 0 Å². The second kappa shape index (κ2) is 6.62. The van der Waals surface area contributed by atoms with Gasteiger partial charge in [-0.3, -0.25) is 4.79 Å². The Hall–Kier alpha value is -1.48. The van der Waals surface area contributed by atoms with Gasteiger partial charge in [-0.05, 0) is 46.5 Å². The van der Waals surface area contributed by atoms with Crippen LogP contribution in [0, 0.1) is 5.82 Å². The zero-order valence-corrected chi connectivity index (χ0v) is 12.0. The van der Waals surface area contributed by atoms with Crippen molar-refractivity contribution in [2.75, 3.05) is 0 Å². The number of hydrogen-bond donors (Lipinski definition) is 0. The lowest BCUT2D eigenvalue weighted by molar-refractivity contribution is 0.0980. The molecule has 0 unspecified atom stereocenters. The van der Waals surface area contributed by atoms with Gasteiger partial charge in [0.05, 0.1) is 4.47 Å². The molecule has 19 heavy (non-hydrogen) atoms. The largest absolute Gasteiger partial charge is 0.294 e. The summed E-state index contributed by atoms with van der Waals surface area (Å²) in [5.41, 5.74) is 1.79. The van der Waals surface area contributed by atoms with E-state index in [2.05, 4.69) is 15.9 Å². The number of ketones is 1. The van der Waals surface area contributed by atoms with Crippen molar-refractivity contribution >= 4 is 21.7 Å². The van der Waals surface area contributed by atoms with Crippen molar-refractivity contribution in [2.24, 2.45) is 0 Å². The summed E-state index contributed by atoms with van der Waals surface area (Å²) in [6.45, 7) is 0. The maximum atomic E-state index is 13.1. The number of aryl methyl sites for hydroxylation is 1. The van der Waals surface area contributed by atoms with E-state index in [-0.39, 0.29) is 11.6 Å². The Labute approximate surface area is 120 Å². The molecule has 0 bridgehead atoms. The van der Waals surface area contributed by atoms with Crippen LogP contribution in [0.5, 0.6) is 0 Å². The number of hydrogen-bond acceptors (Lipinski definition) is 1. The minimum Gasteiger partial charge on any atom is -0.294 e. The monoisotopic (exact) mass is 320 g/mol. The van der Waals surface area contributed by atoms with E-state index in [9.17, 15) is 9.18 Å². The van der Waals surface area contributed by atoms with Gasteiger partial charge in [0, 0.05) is 12.0 Å². The molecule has 0 saturated heterocycles. The Morgan fingerprint density at radius 3 is 2.53 bits per heavy atom. The minimum atomic E-state index is -0.260. The summed E-state index contributed by atoms with van der Waals surface area (Å²) in [5.74, 6) is -0.106. The number of halogens is 2. The van der Waals surface area contributed by atoms with Gasteiger partial charge in [-0.15, -0.1) is 0 Å². The lowest BCUT2D eigenvalue weighted by Gasteiger charge is -2.03. The molecule has 0 N–H and O–H groups in total. The third kappa shape index (κ3) is 4.00. The Bertz CT molecular complexity index is 566. The predicted octanol–water partition coefficient (Wildman–Crippen LogP) is 4.79. The highest BCUT2D eigenvalue weighted by Crippen LogP contribution is 2.18. The molecule has 0 saturated carbocycles. The molecule has 0 spiro atoms. The first-order valence-electron chi connectivity index (χ1n) is 6.19. The van der Waals surface area contributed by atoms with Crippen LogP contribution in [0.25, 0.3) is 0 Å². The van der Waals surface area contributed by atoms with Gasteiger partial charge in [0.25, 0.3) is 0 Å². The van der Waals surface area contributed by atoms with E-state index in [1.54, 1.807) is 12.1 Å². The molecular formula is C16H14BrFO. The maximum absolute atomic E-state index is 13.1. The molecule has 0 aliphatic heterocycles. The molecule has 0 aromatic heterocycles. The van der Waals surface area contributed by atoms with Gasteiger partial charge >= 0.3 is 0 Å². The first-order chi connectivity index (χ1) is 9.16. The molecule has 0 heterocycles. The SMILES string of the molecule is O=C(CCCc1ccc(F)c(Br)c1)c1ccccc1. The average molecular weight is 321 g/mol. The summed E-state index contributed by atoms with van der Waals surface area (Å²) in [5, 5.41) is 0. The quantitative estimate of drug-likeness (QED) is 0.723. The smallest absolute Gasteiger partial charge is 0.162 e. The van der Waals surface area contributed by atoms with Crippen molar-refractivity contribution in [3.63, 3.8) is 0 Å². The Kier molecular flexibility index (Phi) is 4.86. The van der Waals surface area contributed by atoms with E-state index >= 15 is 0 Å². The lowest BCUT2D eigenvalue weighted by atomic mass is 10.0. The van der Waals surface area contributed by atoms with Gasteiger partial charge in [0.2, 0.25) is 0 Å². The number of rotatable bonds is 5. The van der Waals surface area contributed by atoms with Crippen LogP contribution in [-0.2, 0) is 6.42 Å². The standard InChI is InChI=1S/C16H14BrFO/c17-14-11-12(9-10-15(14)18)5-4-8-16(19)13-6-2-1-3-7-13/h1-3,6-7,9-11H,4-5,8H2. The summed E-state index contributed by atoms with van der Waals surface area (Å²) in [6, 6.07) is 14.3. The molecule has 0 atom stereocenters. The average Bonchev–Trinajstić information content (AvgIpc) is 2.43. The molecule has 0 radical (unpaired) electrons. The van der Waals surface area contributed by atoms with Gasteiger partial charge in [-0.1, -0.05) is 36.4 Å². The molecule has 3 heteroatoms. The zero-order chi connectivity index (χ0) is 13.7. The maximum Gasteiger partial charge on any atom is 0.162 e. The molecule has 2 rings (SSSR count). The van der Waals surface area contributed by atoms with Crippen LogP contribution in [0.4, 0.5) is 4.39 Å². The highest BCUT2D eigenvalue weighted by atomic mass is 79.9. The molecule has 0 aliphatic rings. The highest BCUT2D eigenvalue weighted by Gasteiger charge is 2.05. The number of carbonyl (C=O) groups is 1. The normalized spacial score (nSPS) is 10.4. The Morgan fingerprint density at radius 1 is 1.11 bits per heavy atom. The van der Waals surface area contributed by atoms with E-state index < -0.39 is 0 Å². The zero-order valence-electron chi connectivity index (χ0n) is 10.4. The molecule has 0 aliphatic carbocycles. The van der Waals surface area contributed by atoms with E-state index in [1.165, 1.54) is 6.07 Å². The highest BCUT2D eigenvalue weighted by molar-refractivity contribution is 9.10. The fourth-order valence-electron chi connectivity index (χ4n) is 1.92. The molecule has 0 fully saturated rings. The number of benzene rings is 2. The Balaban J connectivity index is 1.87. The van der Waals surface area contributed by atoms with E-state index in [0.29, 0.717) is 10.9 Å². The van der Waals surface area contributed by atoms with Crippen LogP contribution in [0.3, 0.4) is 0 Å². The van der Waals surface area contributed by atoms with Gasteiger partial charge in [0.15, 0.2) is 5.78 Å². The third-order valence-electron chi connectivity index (χ3n) is 2.95. The molecular weight excluding hydrogens is 307 g/mol. The van der Waals surface area contributed by atoms with Crippen LogP contribution >= 0.6 is 15.9 Å². The van der Waals surface area contributed by atoms with E-state index in [4.69, 9.17) is 0 Å². The first-order valence-corrected chi connectivity index (χ1v) is 6.98. The van der Waals surface area contributed by atoms with Crippen molar-refractivity contribution in [1.29, 1.82) is 0 Å². The summed E-state index contributed by atoms with van der Waals surface area (Å²) in [4.78, 5) is 11.9. The van der Waals surface area contributed by atoms with Crippen molar-refractivity contribution in [3.05, 3.63) is 69.9 Å². The third-order valence-corrected chi connectivity index (χ3v) is 3.56. The summed E-state index contributed by atoms with van der Waals surface area (Å²) in [7, 11) is 0.